The van der Waals surface area contributed by atoms with Crippen LogP contribution in [0.1, 0.15) is 12.2 Å². The molecule has 4 N–H and O–H groups in total. The summed E-state index contributed by atoms with van der Waals surface area (Å²) in [5.74, 6) is 0.821. The van der Waals surface area contributed by atoms with Gasteiger partial charge in [0.15, 0.2) is 0 Å². The van der Waals surface area contributed by atoms with Gasteiger partial charge in [-0.1, -0.05) is 0 Å². The number of carbonyl (C=O) groups is 1. The van der Waals surface area contributed by atoms with Gasteiger partial charge in [0, 0.05) is 13.0 Å². The van der Waals surface area contributed by atoms with Crippen LogP contribution in [0.5, 0.6) is 0 Å². The number of primary amides is 1. The van der Waals surface area contributed by atoms with Crippen molar-refractivity contribution in [3.8, 4) is 0 Å². The van der Waals surface area contributed by atoms with Crippen LogP contribution in [-0.4, -0.2) is 27.8 Å². The van der Waals surface area contributed by atoms with Crippen molar-refractivity contribution in [2.45, 2.75) is 12.8 Å². The highest BCUT2D eigenvalue weighted by molar-refractivity contribution is 5.71. The van der Waals surface area contributed by atoms with Crippen molar-refractivity contribution in [2.24, 2.45) is 5.73 Å². The fourth-order valence-electron chi connectivity index (χ4n) is 0.819. The van der Waals surface area contributed by atoms with Crippen LogP contribution in [0.3, 0.4) is 0 Å². The summed E-state index contributed by atoms with van der Waals surface area (Å²) < 4.78 is 0. The number of hydrogen-bond donors (Lipinski definition) is 3. The first-order chi connectivity index (χ1) is 5.79. The molecule has 0 spiro atoms. The van der Waals surface area contributed by atoms with E-state index in [1.165, 1.54) is 6.33 Å². The van der Waals surface area contributed by atoms with Crippen LogP contribution in [-0.2, 0) is 6.42 Å². The van der Waals surface area contributed by atoms with Gasteiger partial charge in [-0.3, -0.25) is 5.10 Å². The van der Waals surface area contributed by atoms with Crippen LogP contribution in [0, 0.1) is 0 Å². The highest BCUT2D eigenvalue weighted by Gasteiger charge is 1.95. The molecule has 0 aromatic carbocycles. The number of rotatable bonds is 4. The minimum atomic E-state index is -0.493. The lowest BCUT2D eigenvalue weighted by molar-refractivity contribution is 0.249. The maximum Gasteiger partial charge on any atom is 0.312 e. The molecule has 0 saturated heterocycles. The first-order valence-electron chi connectivity index (χ1n) is 3.66. The fraction of sp³-hybridized carbons (Fsp3) is 0.500. The molecule has 1 aromatic rings. The zero-order valence-corrected chi connectivity index (χ0v) is 6.58. The van der Waals surface area contributed by atoms with Gasteiger partial charge in [-0.2, -0.15) is 5.10 Å². The standard InChI is InChI=1S/C6H11N5O/c7-6(12)8-3-1-2-5-9-4-10-11-5/h4H,1-3H2,(H3,7,8,12)(H,9,10,11). The van der Waals surface area contributed by atoms with Crippen molar-refractivity contribution >= 4 is 6.03 Å². The summed E-state index contributed by atoms with van der Waals surface area (Å²) in [6.07, 6.45) is 3.02. The third-order valence-corrected chi connectivity index (χ3v) is 1.35. The number of urea groups is 1. The van der Waals surface area contributed by atoms with E-state index in [1.54, 1.807) is 0 Å². The second-order valence-electron chi connectivity index (χ2n) is 2.33. The summed E-state index contributed by atoms with van der Waals surface area (Å²) >= 11 is 0. The van der Waals surface area contributed by atoms with Crippen molar-refractivity contribution in [2.75, 3.05) is 6.54 Å². The molecular formula is C6H11N5O. The van der Waals surface area contributed by atoms with E-state index in [0.717, 1.165) is 18.7 Å². The number of aromatic amines is 1. The molecule has 0 aliphatic carbocycles. The van der Waals surface area contributed by atoms with E-state index in [1.807, 2.05) is 0 Å². The molecule has 0 atom stereocenters. The molecule has 66 valence electrons. The van der Waals surface area contributed by atoms with Gasteiger partial charge in [0.2, 0.25) is 0 Å². The molecular weight excluding hydrogens is 158 g/mol. The van der Waals surface area contributed by atoms with E-state index in [0.29, 0.717) is 6.54 Å². The summed E-state index contributed by atoms with van der Waals surface area (Å²) in [6.45, 7) is 0.566. The minimum absolute atomic E-state index is 0.493. The van der Waals surface area contributed by atoms with E-state index in [4.69, 9.17) is 5.73 Å². The Labute approximate surface area is 69.6 Å². The molecule has 1 rings (SSSR count). The van der Waals surface area contributed by atoms with Crippen molar-refractivity contribution in [3.63, 3.8) is 0 Å². The summed E-state index contributed by atoms with van der Waals surface area (Å²) in [5, 5.41) is 8.89. The molecule has 1 aromatic heterocycles. The maximum absolute atomic E-state index is 10.2. The normalized spacial score (nSPS) is 9.67. The average molecular weight is 169 g/mol. The van der Waals surface area contributed by atoms with Gasteiger partial charge in [-0.15, -0.1) is 0 Å². The number of H-pyrrole nitrogens is 1. The van der Waals surface area contributed by atoms with Gasteiger partial charge < -0.3 is 11.1 Å². The molecule has 0 aliphatic heterocycles. The van der Waals surface area contributed by atoms with Crippen molar-refractivity contribution in [1.29, 1.82) is 0 Å². The van der Waals surface area contributed by atoms with E-state index < -0.39 is 6.03 Å². The zero-order valence-electron chi connectivity index (χ0n) is 6.58. The Kier molecular flexibility index (Phi) is 3.06. The van der Waals surface area contributed by atoms with Gasteiger partial charge >= 0.3 is 6.03 Å². The summed E-state index contributed by atoms with van der Waals surface area (Å²) in [7, 11) is 0. The minimum Gasteiger partial charge on any atom is -0.352 e. The van der Waals surface area contributed by atoms with E-state index >= 15 is 0 Å². The Morgan fingerprint density at radius 2 is 2.58 bits per heavy atom. The monoisotopic (exact) mass is 169 g/mol. The largest absolute Gasteiger partial charge is 0.352 e. The number of aromatic nitrogens is 3. The summed E-state index contributed by atoms with van der Waals surface area (Å²) in [6, 6.07) is -0.493. The zero-order chi connectivity index (χ0) is 8.81. The predicted octanol–water partition coefficient (Wildman–Crippen LogP) is -0.594. The van der Waals surface area contributed by atoms with Crippen molar-refractivity contribution in [1.82, 2.24) is 20.5 Å². The predicted molar refractivity (Wildman–Crippen MR) is 42.3 cm³/mol. The highest BCUT2D eigenvalue weighted by Crippen LogP contribution is 1.90. The van der Waals surface area contributed by atoms with Gasteiger partial charge in [-0.05, 0) is 6.42 Å². The summed E-state index contributed by atoms with van der Waals surface area (Å²) in [4.78, 5) is 14.2. The third-order valence-electron chi connectivity index (χ3n) is 1.35. The number of nitrogens with zero attached hydrogens (tertiary/aromatic N) is 2. The molecule has 0 saturated carbocycles. The number of nitrogens with two attached hydrogens (primary N) is 1. The van der Waals surface area contributed by atoms with Crippen LogP contribution in [0.15, 0.2) is 6.33 Å². The topological polar surface area (TPSA) is 96.7 Å². The molecule has 0 radical (unpaired) electrons. The SMILES string of the molecule is NC(=O)NCCCc1ncn[nH]1. The van der Waals surface area contributed by atoms with Crippen molar-refractivity contribution in [3.05, 3.63) is 12.2 Å². The highest BCUT2D eigenvalue weighted by atomic mass is 16.2. The Hall–Kier alpha value is -1.59. The second kappa shape index (κ2) is 4.32. The average Bonchev–Trinajstić information content (AvgIpc) is 2.49. The lowest BCUT2D eigenvalue weighted by Crippen LogP contribution is -2.30. The van der Waals surface area contributed by atoms with Gasteiger partial charge in [0.25, 0.3) is 0 Å². The van der Waals surface area contributed by atoms with Gasteiger partial charge in [0.1, 0.15) is 12.2 Å². The number of carbonyl (C=O) groups excluding carboxylic acids is 1. The van der Waals surface area contributed by atoms with Crippen LogP contribution in [0.25, 0.3) is 0 Å². The number of nitrogens with one attached hydrogen (secondary N) is 2. The number of aryl methyl sites for hydroxylation is 1. The Morgan fingerprint density at radius 3 is 3.17 bits per heavy atom. The quantitative estimate of drug-likeness (QED) is 0.525. The van der Waals surface area contributed by atoms with Crippen LogP contribution >= 0.6 is 0 Å². The first kappa shape index (κ1) is 8.51. The van der Waals surface area contributed by atoms with E-state index in [9.17, 15) is 4.79 Å². The molecule has 6 nitrogen and oxygen atoms in total. The smallest absolute Gasteiger partial charge is 0.312 e. The molecule has 1 heterocycles. The molecule has 2 amide bonds. The molecule has 12 heavy (non-hydrogen) atoms. The van der Waals surface area contributed by atoms with Crippen LogP contribution in [0.4, 0.5) is 4.79 Å². The fourth-order valence-corrected chi connectivity index (χ4v) is 0.819. The van der Waals surface area contributed by atoms with Gasteiger partial charge in [-0.25, -0.2) is 9.78 Å². The van der Waals surface area contributed by atoms with Crippen LogP contribution < -0.4 is 11.1 Å². The number of hydrogen-bond acceptors (Lipinski definition) is 3. The Bertz CT molecular complexity index is 232. The van der Waals surface area contributed by atoms with Gasteiger partial charge in [0.05, 0.1) is 0 Å². The Balaban J connectivity index is 2.07. The lowest BCUT2D eigenvalue weighted by Gasteiger charge is -1.98. The van der Waals surface area contributed by atoms with Crippen LogP contribution in [0.2, 0.25) is 0 Å². The molecule has 0 unspecified atom stereocenters. The molecule has 0 aliphatic rings. The molecule has 0 bridgehead atoms. The summed E-state index contributed by atoms with van der Waals surface area (Å²) in [5.41, 5.74) is 4.87. The third kappa shape index (κ3) is 3.00. The lowest BCUT2D eigenvalue weighted by atomic mass is 10.3. The van der Waals surface area contributed by atoms with E-state index in [-0.39, 0.29) is 0 Å². The number of amides is 2. The second-order valence-corrected chi connectivity index (χ2v) is 2.33. The van der Waals surface area contributed by atoms with E-state index in [2.05, 4.69) is 20.5 Å². The van der Waals surface area contributed by atoms with Crippen molar-refractivity contribution < 1.29 is 4.79 Å². The maximum atomic E-state index is 10.2. The first-order valence-corrected chi connectivity index (χ1v) is 3.66. The Morgan fingerprint density at radius 1 is 1.75 bits per heavy atom. The molecule has 6 heteroatoms. The molecule has 0 fully saturated rings.